The Morgan fingerprint density at radius 3 is 2.76 bits per heavy atom. The number of hydrogen-bond acceptors (Lipinski definition) is 5. The summed E-state index contributed by atoms with van der Waals surface area (Å²) in [6.07, 6.45) is 0. The Kier molecular flexibility index (Phi) is 2.53. The molecule has 0 spiro atoms. The van der Waals surface area contributed by atoms with Crippen LogP contribution in [0.2, 0.25) is 0 Å². The van der Waals surface area contributed by atoms with Crippen molar-refractivity contribution in [1.82, 2.24) is 25.6 Å². The summed E-state index contributed by atoms with van der Waals surface area (Å²) in [6, 6.07) is 13.6. The van der Waals surface area contributed by atoms with Crippen LogP contribution >= 0.6 is 0 Å². The summed E-state index contributed by atoms with van der Waals surface area (Å²) in [7, 11) is 0. The molecule has 0 aliphatic carbocycles. The Bertz CT molecular complexity index is 924. The van der Waals surface area contributed by atoms with E-state index >= 15 is 0 Å². The van der Waals surface area contributed by atoms with Gasteiger partial charge < -0.3 is 4.52 Å². The third-order valence-electron chi connectivity index (χ3n) is 3.38. The van der Waals surface area contributed by atoms with Crippen molar-refractivity contribution in [3.63, 3.8) is 0 Å². The van der Waals surface area contributed by atoms with Crippen LogP contribution in [0.3, 0.4) is 0 Å². The average Bonchev–Trinajstić information content (AvgIpc) is 3.16. The van der Waals surface area contributed by atoms with Crippen molar-refractivity contribution in [1.29, 1.82) is 0 Å². The number of nitrogens with zero attached hydrogens (tertiary/aromatic N) is 4. The van der Waals surface area contributed by atoms with E-state index in [9.17, 15) is 0 Å². The molecule has 4 rings (SSSR count). The minimum absolute atomic E-state index is 0.471. The molecule has 0 aliphatic rings. The third kappa shape index (κ3) is 1.97. The SMILES string of the molecule is Cc1ccccc1-c1noc(-c2ccc3n[nH]nc3c2)n1. The van der Waals surface area contributed by atoms with E-state index in [2.05, 4.69) is 25.6 Å². The van der Waals surface area contributed by atoms with Crippen LogP contribution in [-0.2, 0) is 0 Å². The third-order valence-corrected chi connectivity index (χ3v) is 3.38. The lowest BCUT2D eigenvalue weighted by molar-refractivity contribution is 0.432. The number of H-pyrrole nitrogens is 1. The van der Waals surface area contributed by atoms with Gasteiger partial charge in [-0.1, -0.05) is 29.4 Å². The molecule has 21 heavy (non-hydrogen) atoms. The van der Waals surface area contributed by atoms with Crippen LogP contribution in [0, 0.1) is 6.92 Å². The van der Waals surface area contributed by atoms with E-state index in [-0.39, 0.29) is 0 Å². The molecule has 0 fully saturated rings. The monoisotopic (exact) mass is 277 g/mol. The molecule has 0 aliphatic heterocycles. The second-order valence-corrected chi connectivity index (χ2v) is 4.77. The van der Waals surface area contributed by atoms with Crippen molar-refractivity contribution >= 4 is 11.0 Å². The number of aromatic amines is 1. The molecule has 4 aromatic rings. The fourth-order valence-electron chi connectivity index (χ4n) is 2.25. The van der Waals surface area contributed by atoms with E-state index in [0.717, 1.165) is 27.7 Å². The first-order chi connectivity index (χ1) is 10.3. The van der Waals surface area contributed by atoms with Crippen molar-refractivity contribution in [2.24, 2.45) is 0 Å². The Balaban J connectivity index is 1.78. The lowest BCUT2D eigenvalue weighted by atomic mass is 10.1. The molecule has 1 N–H and O–H groups in total. The molecule has 6 heteroatoms. The van der Waals surface area contributed by atoms with Crippen LogP contribution < -0.4 is 0 Å². The van der Waals surface area contributed by atoms with Crippen molar-refractivity contribution in [2.45, 2.75) is 6.92 Å². The van der Waals surface area contributed by atoms with E-state index in [1.807, 2.05) is 49.4 Å². The van der Waals surface area contributed by atoms with Gasteiger partial charge in [0.15, 0.2) is 0 Å². The maximum Gasteiger partial charge on any atom is 0.258 e. The van der Waals surface area contributed by atoms with E-state index in [4.69, 9.17) is 4.52 Å². The van der Waals surface area contributed by atoms with Crippen LogP contribution in [0.1, 0.15) is 5.56 Å². The van der Waals surface area contributed by atoms with Gasteiger partial charge in [-0.05, 0) is 30.7 Å². The molecule has 0 bridgehead atoms. The Hall–Kier alpha value is -3.02. The van der Waals surface area contributed by atoms with Crippen LogP contribution in [0.15, 0.2) is 47.0 Å². The summed E-state index contributed by atoms with van der Waals surface area (Å²) in [5.74, 6) is 1.06. The summed E-state index contributed by atoms with van der Waals surface area (Å²) >= 11 is 0. The Morgan fingerprint density at radius 2 is 1.86 bits per heavy atom. The van der Waals surface area contributed by atoms with E-state index in [0.29, 0.717) is 11.7 Å². The maximum absolute atomic E-state index is 5.37. The molecule has 2 aromatic heterocycles. The van der Waals surface area contributed by atoms with E-state index < -0.39 is 0 Å². The fourth-order valence-corrected chi connectivity index (χ4v) is 2.25. The van der Waals surface area contributed by atoms with Crippen molar-refractivity contribution in [3.05, 3.63) is 48.0 Å². The second-order valence-electron chi connectivity index (χ2n) is 4.77. The summed E-state index contributed by atoms with van der Waals surface area (Å²) < 4.78 is 5.37. The van der Waals surface area contributed by atoms with Crippen molar-refractivity contribution in [2.75, 3.05) is 0 Å². The maximum atomic E-state index is 5.37. The topological polar surface area (TPSA) is 80.5 Å². The van der Waals surface area contributed by atoms with Crippen molar-refractivity contribution < 1.29 is 4.52 Å². The number of hydrogen-bond donors (Lipinski definition) is 1. The number of aromatic nitrogens is 5. The van der Waals surface area contributed by atoms with Crippen molar-refractivity contribution in [3.8, 4) is 22.8 Å². The fraction of sp³-hybridized carbons (Fsp3) is 0.0667. The summed E-state index contributed by atoms with van der Waals surface area (Å²) in [4.78, 5) is 4.47. The van der Waals surface area contributed by atoms with Gasteiger partial charge in [-0.2, -0.15) is 20.4 Å². The molecule has 2 aromatic carbocycles. The zero-order valence-corrected chi connectivity index (χ0v) is 11.2. The van der Waals surface area contributed by atoms with E-state index in [1.54, 1.807) is 0 Å². The highest BCUT2D eigenvalue weighted by atomic mass is 16.5. The number of nitrogens with one attached hydrogen (secondary N) is 1. The quantitative estimate of drug-likeness (QED) is 0.609. The normalized spacial score (nSPS) is 11.1. The molecule has 0 radical (unpaired) electrons. The number of aryl methyl sites for hydroxylation is 1. The Labute approximate surface area is 119 Å². The smallest absolute Gasteiger partial charge is 0.258 e. The average molecular weight is 277 g/mol. The predicted octanol–water partition coefficient (Wildman–Crippen LogP) is 2.98. The van der Waals surface area contributed by atoms with Gasteiger partial charge in [0.1, 0.15) is 11.0 Å². The molecule has 0 atom stereocenters. The summed E-state index contributed by atoms with van der Waals surface area (Å²) in [5.41, 5.74) is 4.47. The van der Waals surface area contributed by atoms with Gasteiger partial charge in [0.25, 0.3) is 5.89 Å². The van der Waals surface area contributed by atoms with Gasteiger partial charge >= 0.3 is 0 Å². The zero-order chi connectivity index (χ0) is 14.2. The van der Waals surface area contributed by atoms with Crippen LogP contribution in [-0.4, -0.2) is 25.6 Å². The van der Waals surface area contributed by atoms with Gasteiger partial charge in [0, 0.05) is 11.1 Å². The molecule has 0 saturated heterocycles. The minimum Gasteiger partial charge on any atom is -0.334 e. The molecule has 2 heterocycles. The minimum atomic E-state index is 0.471. The number of fused-ring (bicyclic) bond motifs is 1. The summed E-state index contributed by atoms with van der Waals surface area (Å²) in [5, 5.41) is 14.7. The van der Waals surface area contributed by atoms with Crippen LogP contribution in [0.5, 0.6) is 0 Å². The lowest BCUT2D eigenvalue weighted by Gasteiger charge is -1.98. The second kappa shape index (κ2) is 4.52. The summed E-state index contributed by atoms with van der Waals surface area (Å²) in [6.45, 7) is 2.02. The molecule has 6 nitrogen and oxygen atoms in total. The van der Waals surface area contributed by atoms with Gasteiger partial charge in [-0.25, -0.2) is 0 Å². The van der Waals surface area contributed by atoms with Crippen LogP contribution in [0.4, 0.5) is 0 Å². The van der Waals surface area contributed by atoms with Gasteiger partial charge in [-0.3, -0.25) is 0 Å². The number of rotatable bonds is 2. The molecular formula is C15H11N5O. The lowest BCUT2D eigenvalue weighted by Crippen LogP contribution is -1.85. The zero-order valence-electron chi connectivity index (χ0n) is 11.2. The number of benzene rings is 2. The van der Waals surface area contributed by atoms with Gasteiger partial charge in [0.2, 0.25) is 5.82 Å². The Morgan fingerprint density at radius 1 is 1.00 bits per heavy atom. The first-order valence-electron chi connectivity index (χ1n) is 6.52. The van der Waals surface area contributed by atoms with Crippen LogP contribution in [0.25, 0.3) is 33.9 Å². The predicted molar refractivity (Wildman–Crippen MR) is 77.4 cm³/mol. The highest BCUT2D eigenvalue weighted by Crippen LogP contribution is 2.25. The molecule has 102 valence electrons. The molecule has 0 unspecified atom stereocenters. The molecular weight excluding hydrogens is 266 g/mol. The first-order valence-corrected chi connectivity index (χ1v) is 6.52. The standard InChI is InChI=1S/C15H11N5O/c1-9-4-2-3-5-11(9)14-16-15(21-19-14)10-6-7-12-13(8-10)18-20-17-12/h2-8H,1H3,(H,17,18,20). The highest BCUT2D eigenvalue weighted by Gasteiger charge is 2.13. The largest absolute Gasteiger partial charge is 0.334 e. The van der Waals surface area contributed by atoms with E-state index in [1.165, 1.54) is 0 Å². The molecule has 0 amide bonds. The van der Waals surface area contributed by atoms with Gasteiger partial charge in [0.05, 0.1) is 0 Å². The highest BCUT2D eigenvalue weighted by molar-refractivity contribution is 5.79. The first kappa shape index (κ1) is 11.8. The molecule has 0 saturated carbocycles. The van der Waals surface area contributed by atoms with Gasteiger partial charge in [-0.15, -0.1) is 0 Å².